The molecule has 0 aromatic heterocycles. The lowest BCUT2D eigenvalue weighted by Crippen LogP contribution is -2.53. The van der Waals surface area contributed by atoms with Gasteiger partial charge in [-0.05, 0) is 12.8 Å². The first-order valence-corrected chi connectivity index (χ1v) is 5.59. The number of rotatable bonds is 1. The van der Waals surface area contributed by atoms with E-state index >= 15 is 0 Å². The normalized spacial score (nSPS) is 26.4. The molecular weight excluding hydrogens is 221 g/mol. The molecule has 0 bridgehead atoms. The Bertz CT molecular complexity index is 301. The van der Waals surface area contributed by atoms with Crippen LogP contribution in [0, 0.1) is 0 Å². The van der Waals surface area contributed by atoms with E-state index in [4.69, 9.17) is 5.14 Å². The monoisotopic (exact) mass is 232 g/mol. The van der Waals surface area contributed by atoms with Crippen LogP contribution in [0.1, 0.15) is 19.3 Å². The van der Waals surface area contributed by atoms with Gasteiger partial charge in [0.15, 0.2) is 0 Å². The van der Waals surface area contributed by atoms with Crippen molar-refractivity contribution in [1.29, 1.82) is 0 Å². The van der Waals surface area contributed by atoms with Crippen molar-refractivity contribution in [2.75, 3.05) is 6.54 Å². The van der Waals surface area contributed by atoms with Crippen LogP contribution in [-0.2, 0) is 10.2 Å². The molecule has 0 amide bonds. The van der Waals surface area contributed by atoms with Gasteiger partial charge in [0.25, 0.3) is 10.2 Å². The highest BCUT2D eigenvalue weighted by atomic mass is 32.2. The highest BCUT2D eigenvalue weighted by molar-refractivity contribution is 7.86. The molecule has 1 saturated heterocycles. The number of halogens is 3. The van der Waals surface area contributed by atoms with Gasteiger partial charge in [0.2, 0.25) is 0 Å². The summed E-state index contributed by atoms with van der Waals surface area (Å²) in [6.45, 7) is -0.150. The minimum absolute atomic E-state index is 0.150. The third kappa shape index (κ3) is 2.58. The van der Waals surface area contributed by atoms with E-state index in [0.29, 0.717) is 17.1 Å². The quantitative estimate of drug-likeness (QED) is 0.719. The SMILES string of the molecule is NS(=O)(=O)N1CCCC[C@@H]1C(F)(F)F. The van der Waals surface area contributed by atoms with Gasteiger partial charge in [-0.25, -0.2) is 5.14 Å². The van der Waals surface area contributed by atoms with Crippen LogP contribution in [0.3, 0.4) is 0 Å². The van der Waals surface area contributed by atoms with Crippen LogP contribution in [0.4, 0.5) is 13.2 Å². The molecule has 1 atom stereocenters. The zero-order valence-corrected chi connectivity index (χ0v) is 8.11. The molecule has 1 aliphatic heterocycles. The molecule has 1 fully saturated rings. The lowest BCUT2D eigenvalue weighted by Gasteiger charge is -2.34. The maximum Gasteiger partial charge on any atom is 0.405 e. The predicted molar refractivity (Wildman–Crippen MR) is 43.5 cm³/mol. The molecule has 0 aromatic rings. The Kier molecular flexibility index (Phi) is 3.07. The highest BCUT2D eigenvalue weighted by Crippen LogP contribution is 2.32. The highest BCUT2D eigenvalue weighted by Gasteiger charge is 2.47. The van der Waals surface area contributed by atoms with E-state index in [1.165, 1.54) is 0 Å². The lowest BCUT2D eigenvalue weighted by atomic mass is 10.1. The van der Waals surface area contributed by atoms with E-state index in [-0.39, 0.29) is 13.0 Å². The minimum Gasteiger partial charge on any atom is -0.216 e. The molecule has 8 heteroatoms. The first-order chi connectivity index (χ1) is 6.23. The number of piperidine rings is 1. The fourth-order valence-corrected chi connectivity index (χ4v) is 2.50. The van der Waals surface area contributed by atoms with Crippen molar-refractivity contribution >= 4 is 10.2 Å². The summed E-state index contributed by atoms with van der Waals surface area (Å²) in [5, 5.41) is 4.70. The van der Waals surface area contributed by atoms with Crippen LogP contribution in [0.15, 0.2) is 0 Å². The Morgan fingerprint density at radius 3 is 2.21 bits per heavy atom. The van der Waals surface area contributed by atoms with Gasteiger partial charge in [0, 0.05) is 6.54 Å². The first-order valence-electron chi connectivity index (χ1n) is 4.09. The number of hydrogen-bond acceptors (Lipinski definition) is 2. The third-order valence-corrected chi connectivity index (χ3v) is 3.25. The van der Waals surface area contributed by atoms with Gasteiger partial charge in [-0.3, -0.25) is 0 Å². The maximum atomic E-state index is 12.4. The van der Waals surface area contributed by atoms with E-state index in [2.05, 4.69) is 0 Å². The Labute approximate surface area is 80.1 Å². The second kappa shape index (κ2) is 3.67. The van der Waals surface area contributed by atoms with Crippen LogP contribution < -0.4 is 5.14 Å². The standard InChI is InChI=1S/C6H11F3N2O2S/c7-6(8,9)5-3-1-2-4-11(5)14(10,12)13/h5H,1-4H2,(H2,10,12,13)/t5-/m1/s1. The number of hydrogen-bond donors (Lipinski definition) is 1. The Morgan fingerprint density at radius 2 is 1.86 bits per heavy atom. The molecule has 84 valence electrons. The summed E-state index contributed by atoms with van der Waals surface area (Å²) >= 11 is 0. The Hall–Kier alpha value is -0.340. The van der Waals surface area contributed by atoms with Crippen LogP contribution in [0.25, 0.3) is 0 Å². The van der Waals surface area contributed by atoms with Crippen LogP contribution in [0.2, 0.25) is 0 Å². The molecule has 0 saturated carbocycles. The zero-order valence-electron chi connectivity index (χ0n) is 7.29. The van der Waals surface area contributed by atoms with E-state index in [9.17, 15) is 21.6 Å². The van der Waals surface area contributed by atoms with E-state index in [0.717, 1.165) is 0 Å². The maximum absolute atomic E-state index is 12.4. The average Bonchev–Trinajstić information content (AvgIpc) is 2.01. The number of nitrogens with zero attached hydrogens (tertiary/aromatic N) is 1. The summed E-state index contributed by atoms with van der Waals surface area (Å²) in [5.74, 6) is 0. The fraction of sp³-hybridized carbons (Fsp3) is 1.00. The largest absolute Gasteiger partial charge is 0.405 e. The lowest BCUT2D eigenvalue weighted by molar-refractivity contribution is -0.177. The first kappa shape index (κ1) is 11.7. The van der Waals surface area contributed by atoms with Gasteiger partial charge in [-0.15, -0.1) is 0 Å². The van der Waals surface area contributed by atoms with E-state index in [1.807, 2.05) is 0 Å². The van der Waals surface area contributed by atoms with Crippen molar-refractivity contribution in [3.05, 3.63) is 0 Å². The van der Waals surface area contributed by atoms with Gasteiger partial charge in [0.1, 0.15) is 6.04 Å². The number of nitrogens with two attached hydrogens (primary N) is 1. The summed E-state index contributed by atoms with van der Waals surface area (Å²) in [6, 6.07) is -1.95. The van der Waals surface area contributed by atoms with Crippen LogP contribution >= 0.6 is 0 Å². The van der Waals surface area contributed by atoms with Crippen molar-refractivity contribution in [1.82, 2.24) is 4.31 Å². The van der Waals surface area contributed by atoms with Crippen LogP contribution in [-0.4, -0.2) is 31.5 Å². The van der Waals surface area contributed by atoms with Crippen molar-refractivity contribution in [2.24, 2.45) is 5.14 Å². The van der Waals surface area contributed by atoms with E-state index in [1.54, 1.807) is 0 Å². The van der Waals surface area contributed by atoms with Crippen LogP contribution in [0.5, 0.6) is 0 Å². The molecule has 0 radical (unpaired) electrons. The Balaban J connectivity index is 2.91. The zero-order chi connectivity index (χ0) is 11.0. The minimum atomic E-state index is -4.53. The van der Waals surface area contributed by atoms with Crippen molar-refractivity contribution in [3.63, 3.8) is 0 Å². The summed E-state index contributed by atoms with van der Waals surface area (Å²) in [4.78, 5) is 0. The summed E-state index contributed by atoms with van der Waals surface area (Å²) in [5.41, 5.74) is 0. The van der Waals surface area contributed by atoms with Gasteiger partial charge < -0.3 is 0 Å². The van der Waals surface area contributed by atoms with Gasteiger partial charge >= 0.3 is 6.18 Å². The summed E-state index contributed by atoms with van der Waals surface area (Å²) in [6.07, 6.45) is -3.95. The molecule has 1 rings (SSSR count). The molecule has 0 unspecified atom stereocenters. The van der Waals surface area contributed by atoms with E-state index < -0.39 is 22.4 Å². The van der Waals surface area contributed by atoms with Crippen molar-refractivity contribution in [2.45, 2.75) is 31.5 Å². The molecule has 4 nitrogen and oxygen atoms in total. The molecule has 0 aliphatic carbocycles. The second-order valence-electron chi connectivity index (χ2n) is 3.21. The predicted octanol–water partition coefficient (Wildman–Crippen LogP) is 0.607. The summed E-state index contributed by atoms with van der Waals surface area (Å²) in [7, 11) is -4.24. The molecule has 1 heterocycles. The van der Waals surface area contributed by atoms with Crippen molar-refractivity contribution < 1.29 is 21.6 Å². The molecule has 0 spiro atoms. The second-order valence-corrected chi connectivity index (χ2v) is 4.71. The number of alkyl halides is 3. The summed E-state index contributed by atoms with van der Waals surface area (Å²) < 4.78 is 59.1. The molecule has 2 N–H and O–H groups in total. The topological polar surface area (TPSA) is 63.4 Å². The third-order valence-electron chi connectivity index (χ3n) is 2.16. The molecule has 1 aliphatic rings. The molecule has 14 heavy (non-hydrogen) atoms. The fourth-order valence-electron chi connectivity index (χ4n) is 1.54. The molecular formula is C6H11F3N2O2S. The Morgan fingerprint density at radius 1 is 1.29 bits per heavy atom. The average molecular weight is 232 g/mol. The van der Waals surface area contributed by atoms with Crippen molar-refractivity contribution in [3.8, 4) is 0 Å². The van der Waals surface area contributed by atoms with Gasteiger partial charge in [0.05, 0.1) is 0 Å². The molecule has 0 aromatic carbocycles. The smallest absolute Gasteiger partial charge is 0.216 e. The van der Waals surface area contributed by atoms with Gasteiger partial charge in [-0.1, -0.05) is 6.42 Å². The van der Waals surface area contributed by atoms with Gasteiger partial charge in [-0.2, -0.15) is 25.9 Å².